The Kier molecular flexibility index (Phi) is 2.84. The Balaban J connectivity index is 2.23. The molecule has 0 saturated heterocycles. The van der Waals surface area contributed by atoms with E-state index in [0.29, 0.717) is 22.5 Å². The summed E-state index contributed by atoms with van der Waals surface area (Å²) in [4.78, 5) is 13.1. The van der Waals surface area contributed by atoms with Crippen molar-refractivity contribution in [2.75, 3.05) is 5.32 Å². The molecule has 24 heavy (non-hydrogen) atoms. The topological polar surface area (TPSA) is 117 Å². The Bertz CT molecular complexity index is 1000. The molecule has 7 nitrogen and oxygen atoms in total. The molecule has 2 aromatic rings. The molecule has 0 fully saturated rings. The second-order valence-corrected chi connectivity index (χ2v) is 6.60. The minimum atomic E-state index is -1.39. The Morgan fingerprint density at radius 2 is 2.12 bits per heavy atom. The fourth-order valence-corrected chi connectivity index (χ4v) is 4.13. The summed E-state index contributed by atoms with van der Waals surface area (Å²) in [5.74, 6) is -0.259. The fourth-order valence-electron chi connectivity index (χ4n) is 3.48. The van der Waals surface area contributed by atoms with Crippen molar-refractivity contribution >= 4 is 27.5 Å². The third-order valence-electron chi connectivity index (χ3n) is 4.53. The van der Waals surface area contributed by atoms with E-state index in [1.807, 2.05) is 19.1 Å². The van der Waals surface area contributed by atoms with Gasteiger partial charge < -0.3 is 15.8 Å². The van der Waals surface area contributed by atoms with Crippen LogP contribution in [0.15, 0.2) is 28.1 Å². The molecule has 3 heterocycles. The van der Waals surface area contributed by atoms with E-state index >= 15 is 0 Å². The van der Waals surface area contributed by atoms with Crippen LogP contribution in [0.1, 0.15) is 22.4 Å². The van der Waals surface area contributed by atoms with Crippen molar-refractivity contribution in [2.24, 2.45) is 5.73 Å². The largest absolute Gasteiger partial charge is 0.420 e. The zero-order valence-corrected chi connectivity index (χ0v) is 14.4. The highest BCUT2D eigenvalue weighted by Crippen LogP contribution is 2.56. The number of anilines is 1. The number of fused-ring (bicyclic) bond motifs is 4. The number of H-pyrrole nitrogens is 1. The molecular weight excluding hydrogens is 374 g/mol. The molecule has 2 aliphatic heterocycles. The van der Waals surface area contributed by atoms with Crippen molar-refractivity contribution in [2.45, 2.75) is 19.3 Å². The summed E-state index contributed by atoms with van der Waals surface area (Å²) in [5, 5.41) is 19.5. The fraction of sp³-hybridized carbons (Fsp3) is 0.188. The van der Waals surface area contributed by atoms with E-state index in [2.05, 4.69) is 37.5 Å². The molecule has 1 aromatic carbocycles. The Morgan fingerprint density at radius 3 is 2.83 bits per heavy atom. The number of hydrogen-bond donors (Lipinski definition) is 3. The number of carbonyl (C=O) groups is 1. The van der Waals surface area contributed by atoms with Gasteiger partial charge in [0.05, 0.1) is 5.56 Å². The van der Waals surface area contributed by atoms with Gasteiger partial charge in [0.25, 0.3) is 0 Å². The number of nitrogens with two attached hydrogens (primary N) is 1. The number of hydrogen-bond acceptors (Lipinski definition) is 5. The van der Waals surface area contributed by atoms with Gasteiger partial charge in [0.1, 0.15) is 17.1 Å². The number of aryl methyl sites for hydroxylation is 2. The summed E-state index contributed by atoms with van der Waals surface area (Å²) in [6, 6.07) is 5.78. The molecule has 1 atom stereocenters. The minimum Gasteiger partial charge on any atom is -0.420 e. The Hall–Kier alpha value is -2.79. The maximum absolute atomic E-state index is 13.1. The lowest BCUT2D eigenvalue weighted by molar-refractivity contribution is -0.118. The smallest absolute Gasteiger partial charge is 0.245 e. The van der Waals surface area contributed by atoms with Gasteiger partial charge in [0.2, 0.25) is 17.7 Å². The lowest BCUT2D eigenvalue weighted by Gasteiger charge is -2.32. The molecule has 0 aliphatic carbocycles. The number of benzene rings is 1. The number of rotatable bonds is 0. The summed E-state index contributed by atoms with van der Waals surface area (Å²) in [7, 11) is 0. The van der Waals surface area contributed by atoms with Crippen LogP contribution >= 0.6 is 15.9 Å². The first-order valence-corrected chi connectivity index (χ1v) is 7.96. The van der Waals surface area contributed by atoms with Crippen molar-refractivity contribution in [3.05, 3.63) is 50.4 Å². The number of carbonyl (C=O) groups excluding carboxylic acids is 1. The van der Waals surface area contributed by atoms with Crippen molar-refractivity contribution in [3.63, 3.8) is 0 Å². The lowest BCUT2D eigenvalue weighted by Crippen LogP contribution is -2.42. The van der Waals surface area contributed by atoms with E-state index in [-0.39, 0.29) is 23.2 Å². The molecule has 1 amide bonds. The van der Waals surface area contributed by atoms with E-state index in [0.717, 1.165) is 10.0 Å². The van der Waals surface area contributed by atoms with Gasteiger partial charge in [-0.1, -0.05) is 22.0 Å². The van der Waals surface area contributed by atoms with E-state index in [4.69, 9.17) is 10.5 Å². The lowest BCUT2D eigenvalue weighted by atomic mass is 9.69. The predicted molar refractivity (Wildman–Crippen MR) is 89.1 cm³/mol. The van der Waals surface area contributed by atoms with Crippen LogP contribution in [0.4, 0.5) is 5.69 Å². The molecule has 1 spiro atoms. The van der Waals surface area contributed by atoms with Gasteiger partial charge in [0.15, 0.2) is 0 Å². The van der Waals surface area contributed by atoms with Gasteiger partial charge in [-0.25, -0.2) is 0 Å². The zero-order valence-electron chi connectivity index (χ0n) is 12.8. The molecule has 2 aliphatic rings. The monoisotopic (exact) mass is 385 g/mol. The second kappa shape index (κ2) is 4.61. The number of nitriles is 1. The average molecular weight is 386 g/mol. The predicted octanol–water partition coefficient (Wildman–Crippen LogP) is 2.11. The summed E-state index contributed by atoms with van der Waals surface area (Å²) in [5.41, 5.74) is 8.01. The van der Waals surface area contributed by atoms with Crippen molar-refractivity contribution in [1.82, 2.24) is 10.2 Å². The summed E-state index contributed by atoms with van der Waals surface area (Å²) in [6.07, 6.45) is 0. The first-order chi connectivity index (χ1) is 11.4. The highest BCUT2D eigenvalue weighted by Gasteiger charge is 2.59. The van der Waals surface area contributed by atoms with Crippen LogP contribution in [0.5, 0.6) is 5.88 Å². The van der Waals surface area contributed by atoms with E-state index in [1.54, 1.807) is 6.92 Å². The molecule has 8 heteroatoms. The Labute approximate surface area is 145 Å². The van der Waals surface area contributed by atoms with Crippen LogP contribution in [0.2, 0.25) is 0 Å². The van der Waals surface area contributed by atoms with Gasteiger partial charge in [-0.05, 0) is 25.5 Å². The van der Waals surface area contributed by atoms with Crippen LogP contribution in [-0.2, 0) is 10.2 Å². The van der Waals surface area contributed by atoms with E-state index < -0.39 is 5.41 Å². The van der Waals surface area contributed by atoms with Crippen LogP contribution < -0.4 is 15.8 Å². The maximum atomic E-state index is 13.1. The van der Waals surface area contributed by atoms with Gasteiger partial charge in [-0.2, -0.15) is 5.26 Å². The number of aromatic nitrogens is 2. The number of halogens is 1. The van der Waals surface area contributed by atoms with Crippen molar-refractivity contribution in [3.8, 4) is 11.9 Å². The summed E-state index contributed by atoms with van der Waals surface area (Å²) in [6.45, 7) is 3.70. The average Bonchev–Trinajstić information content (AvgIpc) is 3.03. The molecule has 4 rings (SSSR count). The van der Waals surface area contributed by atoms with Crippen molar-refractivity contribution < 1.29 is 9.53 Å². The number of nitrogens with one attached hydrogen (secondary N) is 2. The number of aromatic amines is 1. The van der Waals surface area contributed by atoms with Gasteiger partial charge in [-0.15, -0.1) is 5.10 Å². The molecule has 0 bridgehead atoms. The van der Waals surface area contributed by atoms with Crippen LogP contribution in [0.25, 0.3) is 0 Å². The Morgan fingerprint density at radius 1 is 1.38 bits per heavy atom. The number of ether oxygens (including phenoxy) is 1. The van der Waals surface area contributed by atoms with E-state index in [1.165, 1.54) is 0 Å². The number of nitrogens with zero attached hydrogens (tertiary/aromatic N) is 2. The van der Waals surface area contributed by atoms with E-state index in [9.17, 15) is 10.1 Å². The molecule has 0 unspecified atom stereocenters. The summed E-state index contributed by atoms with van der Waals surface area (Å²) < 4.78 is 6.22. The highest BCUT2D eigenvalue weighted by atomic mass is 79.9. The second-order valence-electron chi connectivity index (χ2n) is 5.81. The third kappa shape index (κ3) is 1.50. The normalized spacial score (nSPS) is 21.2. The van der Waals surface area contributed by atoms with Crippen LogP contribution in [0, 0.1) is 25.2 Å². The highest BCUT2D eigenvalue weighted by molar-refractivity contribution is 9.10. The van der Waals surface area contributed by atoms with Gasteiger partial charge in [-0.3, -0.25) is 9.89 Å². The molecule has 4 N–H and O–H groups in total. The third-order valence-corrected chi connectivity index (χ3v) is 5.55. The van der Waals surface area contributed by atoms with Gasteiger partial charge in [0, 0.05) is 21.4 Å². The SMILES string of the molecule is Cc1ccc2c(c1Br)[C@]1(C(=O)N2)C(C#N)=C(N)Oc2n[nH]c(C)c21. The quantitative estimate of drug-likeness (QED) is 0.641. The van der Waals surface area contributed by atoms with Crippen LogP contribution in [0.3, 0.4) is 0 Å². The first kappa shape index (κ1) is 14.8. The zero-order chi connectivity index (χ0) is 17.2. The standard InChI is InChI=1S/C16H12BrN5O2/c1-6-3-4-9-11(12(6)17)16(15(23)20-9)8(5-18)13(19)24-14-10(16)7(2)21-22-14/h3-4H,19H2,1-2H3,(H,20,23)(H,21,22)/t16-/m0/s1. The van der Waals surface area contributed by atoms with Crippen molar-refractivity contribution in [1.29, 1.82) is 5.26 Å². The number of amides is 1. The molecular formula is C16H12BrN5O2. The van der Waals surface area contributed by atoms with Crippen LogP contribution in [-0.4, -0.2) is 16.1 Å². The molecule has 0 radical (unpaired) electrons. The summed E-state index contributed by atoms with van der Waals surface area (Å²) >= 11 is 3.57. The molecule has 1 aromatic heterocycles. The van der Waals surface area contributed by atoms with Gasteiger partial charge >= 0.3 is 0 Å². The molecule has 120 valence electrons. The minimum absolute atomic E-state index is 0.0575. The maximum Gasteiger partial charge on any atom is 0.245 e. The first-order valence-electron chi connectivity index (χ1n) is 7.17. The molecule has 0 saturated carbocycles.